The third-order valence-corrected chi connectivity index (χ3v) is 5.33. The zero-order valence-electron chi connectivity index (χ0n) is 10.8. The second-order valence-electron chi connectivity index (χ2n) is 5.72. The van der Waals surface area contributed by atoms with Crippen LogP contribution in [0.2, 0.25) is 0 Å². The number of aliphatic hydroxyl groups is 1. The molecule has 3 rings (SSSR count). The Morgan fingerprint density at radius 3 is 2.67 bits per heavy atom. The molecular formula is C14H22N2OS. The fraction of sp³-hybridized carbons (Fsp3) is 0.786. The van der Waals surface area contributed by atoms with E-state index in [2.05, 4.69) is 10.3 Å². The maximum absolute atomic E-state index is 9.12. The molecule has 0 amide bonds. The number of aliphatic hydroxyl groups excluding tert-OH is 1. The molecule has 1 aromatic heterocycles. The van der Waals surface area contributed by atoms with Crippen molar-refractivity contribution in [3.8, 4) is 0 Å². The summed E-state index contributed by atoms with van der Waals surface area (Å²) in [6, 6.07) is 0.638. The predicted octanol–water partition coefficient (Wildman–Crippen LogP) is 2.66. The van der Waals surface area contributed by atoms with Gasteiger partial charge in [-0.3, -0.25) is 0 Å². The van der Waals surface area contributed by atoms with Crippen molar-refractivity contribution in [2.45, 2.75) is 57.0 Å². The van der Waals surface area contributed by atoms with Gasteiger partial charge in [-0.1, -0.05) is 0 Å². The van der Waals surface area contributed by atoms with Crippen LogP contribution in [-0.2, 0) is 6.54 Å². The molecule has 0 spiro atoms. The first kappa shape index (κ1) is 12.6. The average Bonchev–Trinajstić information content (AvgIpc) is 3.16. The van der Waals surface area contributed by atoms with Crippen LogP contribution in [-0.4, -0.2) is 22.7 Å². The Hall–Kier alpha value is -0.450. The maximum atomic E-state index is 9.12. The molecule has 1 heterocycles. The van der Waals surface area contributed by atoms with Gasteiger partial charge in [-0.2, -0.15) is 0 Å². The van der Waals surface area contributed by atoms with Crippen LogP contribution in [0.25, 0.3) is 0 Å². The van der Waals surface area contributed by atoms with Gasteiger partial charge in [0.15, 0.2) is 0 Å². The number of hydrogen-bond donors (Lipinski definition) is 2. The Balaban J connectivity index is 1.43. The van der Waals surface area contributed by atoms with Gasteiger partial charge >= 0.3 is 0 Å². The zero-order valence-corrected chi connectivity index (χ0v) is 11.6. The first-order valence-electron chi connectivity index (χ1n) is 7.14. The van der Waals surface area contributed by atoms with E-state index < -0.39 is 0 Å². The van der Waals surface area contributed by atoms with Gasteiger partial charge < -0.3 is 10.4 Å². The van der Waals surface area contributed by atoms with Crippen molar-refractivity contribution in [1.29, 1.82) is 0 Å². The van der Waals surface area contributed by atoms with E-state index in [0.29, 0.717) is 18.6 Å². The number of thiazole rings is 1. The Bertz CT molecular complexity index is 381. The minimum absolute atomic E-state index is 0.367. The van der Waals surface area contributed by atoms with Crippen LogP contribution < -0.4 is 5.32 Å². The lowest BCUT2D eigenvalue weighted by molar-refractivity contribution is 0.175. The highest BCUT2D eigenvalue weighted by molar-refractivity contribution is 7.11. The lowest BCUT2D eigenvalue weighted by Crippen LogP contribution is -2.33. The fourth-order valence-corrected chi connectivity index (χ4v) is 3.75. The largest absolute Gasteiger partial charge is 0.396 e. The van der Waals surface area contributed by atoms with E-state index in [1.54, 1.807) is 0 Å². The molecule has 0 saturated heterocycles. The van der Waals surface area contributed by atoms with E-state index in [1.807, 2.05) is 17.5 Å². The summed E-state index contributed by atoms with van der Waals surface area (Å²) >= 11 is 1.88. The van der Waals surface area contributed by atoms with Gasteiger partial charge in [0.25, 0.3) is 0 Å². The molecule has 0 aliphatic heterocycles. The number of hydrogen-bond acceptors (Lipinski definition) is 4. The van der Waals surface area contributed by atoms with E-state index in [9.17, 15) is 0 Å². The first-order valence-corrected chi connectivity index (χ1v) is 7.95. The molecule has 2 fully saturated rings. The topological polar surface area (TPSA) is 45.1 Å². The summed E-state index contributed by atoms with van der Waals surface area (Å²) in [7, 11) is 0. The number of nitrogens with zero attached hydrogens (tertiary/aromatic N) is 1. The van der Waals surface area contributed by atoms with Gasteiger partial charge in [0, 0.05) is 36.2 Å². The quantitative estimate of drug-likeness (QED) is 0.861. The number of aromatic nitrogens is 1. The van der Waals surface area contributed by atoms with Gasteiger partial charge in [-0.25, -0.2) is 4.98 Å². The minimum atomic E-state index is 0.367. The number of rotatable bonds is 5. The molecular weight excluding hydrogens is 244 g/mol. The van der Waals surface area contributed by atoms with E-state index in [0.717, 1.165) is 12.5 Å². The summed E-state index contributed by atoms with van der Waals surface area (Å²) in [5.74, 6) is 1.33. The van der Waals surface area contributed by atoms with Crippen LogP contribution in [0.1, 0.15) is 54.3 Å². The molecule has 0 unspecified atom stereocenters. The molecule has 0 aromatic carbocycles. The standard InChI is InChI=1S/C14H22N2OS/c17-9-10-1-5-12(6-2-10)15-7-13-8-16-14(18-13)11-3-4-11/h8,10-12,15,17H,1-7,9H2. The molecule has 1 aromatic rings. The van der Waals surface area contributed by atoms with Gasteiger partial charge in [0.05, 0.1) is 5.01 Å². The molecule has 3 nitrogen and oxygen atoms in total. The van der Waals surface area contributed by atoms with Crippen molar-refractivity contribution in [1.82, 2.24) is 10.3 Å². The van der Waals surface area contributed by atoms with E-state index in [4.69, 9.17) is 5.11 Å². The monoisotopic (exact) mass is 266 g/mol. The normalized spacial score (nSPS) is 28.5. The molecule has 0 bridgehead atoms. The zero-order chi connectivity index (χ0) is 12.4. The van der Waals surface area contributed by atoms with Crippen molar-refractivity contribution in [3.63, 3.8) is 0 Å². The number of nitrogens with one attached hydrogen (secondary N) is 1. The van der Waals surface area contributed by atoms with Gasteiger partial charge in [0.1, 0.15) is 0 Å². The Kier molecular flexibility index (Phi) is 3.97. The van der Waals surface area contributed by atoms with Crippen molar-refractivity contribution >= 4 is 11.3 Å². The molecule has 2 aliphatic rings. The van der Waals surface area contributed by atoms with Gasteiger partial charge in [0.2, 0.25) is 0 Å². The van der Waals surface area contributed by atoms with Crippen LogP contribution in [0.3, 0.4) is 0 Å². The third kappa shape index (κ3) is 3.11. The summed E-state index contributed by atoms with van der Waals surface area (Å²) in [6.45, 7) is 1.34. The third-order valence-electron chi connectivity index (χ3n) is 4.17. The highest BCUT2D eigenvalue weighted by Gasteiger charge is 2.26. The van der Waals surface area contributed by atoms with Crippen LogP contribution in [0, 0.1) is 5.92 Å². The molecule has 2 N–H and O–H groups in total. The maximum Gasteiger partial charge on any atom is 0.0959 e. The lowest BCUT2D eigenvalue weighted by atomic mass is 9.86. The van der Waals surface area contributed by atoms with Crippen LogP contribution in [0.15, 0.2) is 6.20 Å². The second-order valence-corrected chi connectivity index (χ2v) is 6.87. The van der Waals surface area contributed by atoms with Crippen LogP contribution in [0.5, 0.6) is 0 Å². The van der Waals surface area contributed by atoms with Gasteiger partial charge in [-0.05, 0) is 44.4 Å². The molecule has 4 heteroatoms. The van der Waals surface area contributed by atoms with E-state index in [-0.39, 0.29) is 0 Å². The molecule has 2 aliphatic carbocycles. The summed E-state index contributed by atoms with van der Waals surface area (Å²) in [5.41, 5.74) is 0. The summed E-state index contributed by atoms with van der Waals surface area (Å²) < 4.78 is 0. The highest BCUT2D eigenvalue weighted by Crippen LogP contribution is 2.41. The van der Waals surface area contributed by atoms with Crippen molar-refractivity contribution in [2.24, 2.45) is 5.92 Å². The van der Waals surface area contributed by atoms with Crippen LogP contribution >= 0.6 is 11.3 Å². The average molecular weight is 266 g/mol. The van der Waals surface area contributed by atoms with Crippen molar-refractivity contribution < 1.29 is 5.11 Å². The Labute approximate surface area is 113 Å². The second kappa shape index (κ2) is 5.68. The highest BCUT2D eigenvalue weighted by atomic mass is 32.1. The van der Waals surface area contributed by atoms with Crippen molar-refractivity contribution in [3.05, 3.63) is 16.1 Å². The first-order chi connectivity index (χ1) is 8.85. The fourth-order valence-electron chi connectivity index (χ4n) is 2.72. The molecule has 0 radical (unpaired) electrons. The van der Waals surface area contributed by atoms with Crippen LogP contribution in [0.4, 0.5) is 0 Å². The Morgan fingerprint density at radius 2 is 2.00 bits per heavy atom. The van der Waals surface area contributed by atoms with Gasteiger partial charge in [-0.15, -0.1) is 11.3 Å². The SMILES string of the molecule is OCC1CCC(NCc2cnc(C3CC3)s2)CC1. The molecule has 2 saturated carbocycles. The summed E-state index contributed by atoms with van der Waals surface area (Å²) in [6.07, 6.45) is 9.48. The van der Waals surface area contributed by atoms with E-state index >= 15 is 0 Å². The lowest BCUT2D eigenvalue weighted by Gasteiger charge is -2.27. The smallest absolute Gasteiger partial charge is 0.0959 e. The predicted molar refractivity (Wildman–Crippen MR) is 73.8 cm³/mol. The van der Waals surface area contributed by atoms with E-state index in [1.165, 1.54) is 48.4 Å². The molecule has 18 heavy (non-hydrogen) atoms. The summed E-state index contributed by atoms with van der Waals surface area (Å²) in [5, 5.41) is 14.1. The van der Waals surface area contributed by atoms with Crippen molar-refractivity contribution in [2.75, 3.05) is 6.61 Å². The Morgan fingerprint density at radius 1 is 1.22 bits per heavy atom. The molecule has 0 atom stereocenters. The summed E-state index contributed by atoms with van der Waals surface area (Å²) in [4.78, 5) is 5.89. The molecule has 100 valence electrons. The minimum Gasteiger partial charge on any atom is -0.396 e.